The van der Waals surface area contributed by atoms with Gasteiger partial charge in [0.05, 0.1) is 0 Å². The van der Waals surface area contributed by atoms with Crippen LogP contribution in [0.25, 0.3) is 10.9 Å². The predicted molar refractivity (Wildman–Crippen MR) is 76.5 cm³/mol. The van der Waals surface area contributed by atoms with E-state index in [4.69, 9.17) is 0 Å². The molecular formula is C16H10N4O. The van der Waals surface area contributed by atoms with Crippen LogP contribution in [0.4, 0.5) is 4.79 Å². The molecule has 0 saturated heterocycles. The Morgan fingerprint density at radius 1 is 1.00 bits per heavy atom. The Bertz CT molecular complexity index is 980. The number of aromatic nitrogens is 2. The van der Waals surface area contributed by atoms with Gasteiger partial charge in [-0.25, -0.2) is 14.8 Å². The third-order valence-electron chi connectivity index (χ3n) is 3.48. The van der Waals surface area contributed by atoms with Gasteiger partial charge in [0.1, 0.15) is 22.6 Å². The highest BCUT2D eigenvalue weighted by Crippen LogP contribution is 2.11. The lowest BCUT2D eigenvalue weighted by Gasteiger charge is -2.04. The minimum atomic E-state index is -0.467. The fourth-order valence-electron chi connectivity index (χ4n) is 2.56. The van der Waals surface area contributed by atoms with E-state index in [-0.39, 0.29) is 0 Å². The second kappa shape index (κ2) is 4.56. The fraction of sp³-hybridized carbons (Fsp3) is 0.0625. The normalized spacial score (nSPS) is 12.9. The summed E-state index contributed by atoms with van der Waals surface area (Å²) < 4.78 is 0. The molecule has 100 valence electrons. The molecule has 0 aliphatic carbocycles. The lowest BCUT2D eigenvalue weighted by molar-refractivity contribution is 0.256. The van der Waals surface area contributed by atoms with Crippen molar-refractivity contribution < 1.29 is 4.79 Å². The molecule has 0 saturated carbocycles. The van der Waals surface area contributed by atoms with E-state index in [0.29, 0.717) is 22.7 Å². The highest BCUT2D eigenvalue weighted by molar-refractivity contribution is 5.84. The maximum absolute atomic E-state index is 11.6. The molecule has 0 unspecified atom stereocenters. The SMILES string of the molecule is O=C1N=c2c(Cc3ccccc3)cc3cncnc3c2=N1. The van der Waals surface area contributed by atoms with Crippen LogP contribution in [0.15, 0.2) is 58.9 Å². The van der Waals surface area contributed by atoms with E-state index in [1.165, 1.54) is 6.33 Å². The van der Waals surface area contributed by atoms with E-state index in [1.807, 2.05) is 36.4 Å². The van der Waals surface area contributed by atoms with Gasteiger partial charge in [-0.1, -0.05) is 30.3 Å². The van der Waals surface area contributed by atoms with Gasteiger partial charge < -0.3 is 0 Å². The Balaban J connectivity index is 2.00. The lowest BCUT2D eigenvalue weighted by Crippen LogP contribution is -2.28. The van der Waals surface area contributed by atoms with Gasteiger partial charge in [0.25, 0.3) is 0 Å². The van der Waals surface area contributed by atoms with Crippen molar-refractivity contribution in [2.24, 2.45) is 9.98 Å². The molecule has 0 fully saturated rings. The van der Waals surface area contributed by atoms with E-state index in [1.54, 1.807) is 6.20 Å². The van der Waals surface area contributed by atoms with Crippen molar-refractivity contribution in [3.05, 3.63) is 70.8 Å². The summed E-state index contributed by atoms with van der Waals surface area (Å²) in [6, 6.07) is 11.6. The van der Waals surface area contributed by atoms with E-state index in [9.17, 15) is 4.79 Å². The Morgan fingerprint density at radius 2 is 1.81 bits per heavy atom. The minimum absolute atomic E-state index is 0.467. The average molecular weight is 274 g/mol. The van der Waals surface area contributed by atoms with Crippen LogP contribution in [-0.2, 0) is 6.42 Å². The summed E-state index contributed by atoms with van der Waals surface area (Å²) in [5.74, 6) is 0. The van der Waals surface area contributed by atoms with Crippen LogP contribution in [0.1, 0.15) is 11.1 Å². The first-order chi connectivity index (χ1) is 10.3. The number of amides is 2. The van der Waals surface area contributed by atoms with Gasteiger partial charge >= 0.3 is 6.03 Å². The first kappa shape index (κ1) is 11.8. The van der Waals surface area contributed by atoms with Crippen molar-refractivity contribution >= 4 is 16.9 Å². The Labute approximate surface area is 119 Å². The van der Waals surface area contributed by atoms with Crippen molar-refractivity contribution in [2.45, 2.75) is 6.42 Å². The van der Waals surface area contributed by atoms with Gasteiger partial charge in [-0.15, -0.1) is 0 Å². The highest BCUT2D eigenvalue weighted by atomic mass is 16.2. The number of hydrogen-bond acceptors (Lipinski definition) is 3. The third kappa shape index (κ3) is 1.99. The second-order valence-corrected chi connectivity index (χ2v) is 4.86. The number of rotatable bonds is 2. The predicted octanol–water partition coefficient (Wildman–Crippen LogP) is 1.59. The number of nitrogens with zero attached hydrogens (tertiary/aromatic N) is 4. The maximum atomic E-state index is 11.6. The minimum Gasteiger partial charge on any atom is -0.244 e. The molecule has 0 spiro atoms. The van der Waals surface area contributed by atoms with Gasteiger partial charge in [-0.2, -0.15) is 9.98 Å². The molecule has 2 aromatic carbocycles. The summed E-state index contributed by atoms with van der Waals surface area (Å²) in [5.41, 5.74) is 2.80. The molecule has 0 radical (unpaired) electrons. The topological polar surface area (TPSA) is 67.6 Å². The van der Waals surface area contributed by atoms with Crippen LogP contribution >= 0.6 is 0 Å². The molecule has 5 nitrogen and oxygen atoms in total. The number of hydrogen-bond donors (Lipinski definition) is 0. The molecule has 0 N–H and O–H groups in total. The molecule has 2 heterocycles. The number of benzene rings is 2. The van der Waals surface area contributed by atoms with Gasteiger partial charge in [-0.05, 0) is 23.6 Å². The molecule has 4 rings (SSSR count). The van der Waals surface area contributed by atoms with Crippen molar-refractivity contribution in [3.63, 3.8) is 0 Å². The van der Waals surface area contributed by atoms with E-state index >= 15 is 0 Å². The van der Waals surface area contributed by atoms with Crippen molar-refractivity contribution in [1.29, 1.82) is 0 Å². The van der Waals surface area contributed by atoms with Crippen molar-refractivity contribution in [3.8, 4) is 0 Å². The second-order valence-electron chi connectivity index (χ2n) is 4.86. The molecule has 0 atom stereocenters. The van der Waals surface area contributed by atoms with Crippen LogP contribution in [0.5, 0.6) is 0 Å². The maximum Gasteiger partial charge on any atom is 0.368 e. The van der Waals surface area contributed by atoms with Gasteiger partial charge in [0.2, 0.25) is 0 Å². The average Bonchev–Trinajstić information content (AvgIpc) is 2.91. The van der Waals surface area contributed by atoms with Crippen LogP contribution in [0, 0.1) is 0 Å². The van der Waals surface area contributed by atoms with Crippen LogP contribution in [0.2, 0.25) is 0 Å². The van der Waals surface area contributed by atoms with Gasteiger partial charge in [0, 0.05) is 11.6 Å². The third-order valence-corrected chi connectivity index (χ3v) is 3.48. The summed E-state index contributed by atoms with van der Waals surface area (Å²) in [5, 5.41) is 2.07. The number of carbonyl (C=O) groups excluding carboxylic acids is 1. The van der Waals surface area contributed by atoms with Gasteiger partial charge in [-0.3, -0.25) is 0 Å². The Hall–Kier alpha value is -2.95. The summed E-state index contributed by atoms with van der Waals surface area (Å²) in [6.45, 7) is 0. The molecule has 1 aliphatic rings. The standard InChI is InChI=1S/C16H10N4O/c21-16-19-14-11(6-10-4-2-1-3-5-10)7-12-8-17-9-18-13(12)15(14)20-16/h1-5,7-9H,6H2. The van der Waals surface area contributed by atoms with Gasteiger partial charge in [0.15, 0.2) is 0 Å². The smallest absolute Gasteiger partial charge is 0.244 e. The quantitative estimate of drug-likeness (QED) is 0.712. The lowest BCUT2D eigenvalue weighted by atomic mass is 10.0. The first-order valence-corrected chi connectivity index (χ1v) is 6.58. The molecule has 1 aliphatic heterocycles. The van der Waals surface area contributed by atoms with Crippen LogP contribution < -0.4 is 10.7 Å². The zero-order valence-electron chi connectivity index (χ0n) is 11.0. The number of urea groups is 1. The number of fused-ring (bicyclic) bond motifs is 3. The molecule has 0 bridgehead atoms. The van der Waals surface area contributed by atoms with Crippen LogP contribution in [0.3, 0.4) is 0 Å². The van der Waals surface area contributed by atoms with E-state index in [2.05, 4.69) is 20.0 Å². The van der Waals surface area contributed by atoms with Crippen molar-refractivity contribution in [2.75, 3.05) is 0 Å². The Morgan fingerprint density at radius 3 is 2.67 bits per heavy atom. The molecule has 2 amide bonds. The summed E-state index contributed by atoms with van der Waals surface area (Å²) in [4.78, 5) is 27.8. The molecule has 5 heteroatoms. The largest absolute Gasteiger partial charge is 0.368 e. The fourth-order valence-corrected chi connectivity index (χ4v) is 2.56. The first-order valence-electron chi connectivity index (χ1n) is 6.58. The Kier molecular flexibility index (Phi) is 2.57. The summed E-state index contributed by atoms with van der Waals surface area (Å²) >= 11 is 0. The highest BCUT2D eigenvalue weighted by Gasteiger charge is 2.14. The zero-order chi connectivity index (χ0) is 14.2. The number of carbonyl (C=O) groups is 1. The molecular weight excluding hydrogens is 264 g/mol. The van der Waals surface area contributed by atoms with E-state index in [0.717, 1.165) is 16.5 Å². The van der Waals surface area contributed by atoms with E-state index < -0.39 is 6.03 Å². The van der Waals surface area contributed by atoms with Crippen LogP contribution in [-0.4, -0.2) is 16.0 Å². The molecule has 3 aromatic rings. The monoisotopic (exact) mass is 274 g/mol. The molecule has 1 aromatic heterocycles. The summed E-state index contributed by atoms with van der Waals surface area (Å²) in [6.07, 6.45) is 3.88. The summed E-state index contributed by atoms with van der Waals surface area (Å²) in [7, 11) is 0. The van der Waals surface area contributed by atoms with Crippen molar-refractivity contribution in [1.82, 2.24) is 9.97 Å². The molecule has 21 heavy (non-hydrogen) atoms. The zero-order valence-corrected chi connectivity index (χ0v) is 11.0.